The number of halogens is 1. The number of carbonyl (C=O) groups is 3. The fourth-order valence-corrected chi connectivity index (χ4v) is 6.83. The molecular formula is C39H56FN5O7. The van der Waals surface area contributed by atoms with Gasteiger partial charge in [-0.1, -0.05) is 18.8 Å². The van der Waals surface area contributed by atoms with E-state index in [4.69, 9.17) is 24.7 Å². The molecule has 1 aromatic carbocycles. The molecule has 52 heavy (non-hydrogen) atoms. The van der Waals surface area contributed by atoms with Crippen LogP contribution in [-0.2, 0) is 14.3 Å². The summed E-state index contributed by atoms with van der Waals surface area (Å²) in [5.41, 5.74) is 6.03. The number of amides is 3. The SMILES string of the molecule is CC[C@@H]1[C@H](F)C(=O)N[C@@H]1COc1ncc(C#CC2CCC(CN(C)CCCOCCCNC(=O)OC(C)(C)C)CC2)c2cc(C(N)=O)c(OC)cc12. The Hall–Kier alpha value is -4.15. The van der Waals surface area contributed by atoms with Crippen LogP contribution >= 0.6 is 0 Å². The number of fused-ring (bicyclic) bond motifs is 1. The number of rotatable bonds is 16. The summed E-state index contributed by atoms with van der Waals surface area (Å²) >= 11 is 0. The molecule has 1 aliphatic heterocycles. The van der Waals surface area contributed by atoms with Gasteiger partial charge in [0.25, 0.3) is 11.8 Å². The maximum atomic E-state index is 14.4. The van der Waals surface area contributed by atoms with Crippen LogP contribution in [0.3, 0.4) is 0 Å². The second kappa shape index (κ2) is 19.1. The summed E-state index contributed by atoms with van der Waals surface area (Å²) in [6.07, 6.45) is 6.00. The number of nitrogens with one attached hydrogen (secondary N) is 2. The maximum Gasteiger partial charge on any atom is 0.407 e. The molecule has 2 aromatic rings. The van der Waals surface area contributed by atoms with Crippen molar-refractivity contribution >= 4 is 28.7 Å². The lowest BCUT2D eigenvalue weighted by Gasteiger charge is -2.29. The van der Waals surface area contributed by atoms with Crippen LogP contribution in [0, 0.1) is 29.6 Å². The Kier molecular flexibility index (Phi) is 14.9. The molecule has 4 rings (SSSR count). The van der Waals surface area contributed by atoms with Crippen molar-refractivity contribution in [2.24, 2.45) is 23.5 Å². The van der Waals surface area contributed by atoms with Crippen LogP contribution in [0.2, 0.25) is 0 Å². The van der Waals surface area contributed by atoms with Crippen LogP contribution in [0.1, 0.15) is 88.6 Å². The number of hydrogen-bond acceptors (Lipinski definition) is 9. The van der Waals surface area contributed by atoms with Crippen LogP contribution in [0.25, 0.3) is 10.8 Å². The van der Waals surface area contributed by atoms with Gasteiger partial charge in [0.2, 0.25) is 5.88 Å². The van der Waals surface area contributed by atoms with Crippen LogP contribution < -0.4 is 25.8 Å². The molecule has 2 heterocycles. The molecule has 0 unspecified atom stereocenters. The van der Waals surface area contributed by atoms with E-state index in [2.05, 4.69) is 39.4 Å². The molecule has 1 saturated carbocycles. The van der Waals surface area contributed by atoms with Crippen molar-refractivity contribution in [1.82, 2.24) is 20.5 Å². The predicted octanol–water partition coefficient (Wildman–Crippen LogP) is 5.00. The lowest BCUT2D eigenvalue weighted by Crippen LogP contribution is -2.34. The van der Waals surface area contributed by atoms with E-state index < -0.39 is 41.6 Å². The Morgan fingerprint density at radius 2 is 1.87 bits per heavy atom. The van der Waals surface area contributed by atoms with Gasteiger partial charge in [0, 0.05) is 61.7 Å². The second-order valence-electron chi connectivity index (χ2n) is 14.8. The lowest BCUT2D eigenvalue weighted by atomic mass is 9.82. The van der Waals surface area contributed by atoms with Crippen molar-refractivity contribution in [3.63, 3.8) is 0 Å². The minimum Gasteiger partial charge on any atom is -0.496 e. The molecule has 2 fully saturated rings. The molecule has 286 valence electrons. The number of nitrogens with zero attached hydrogens (tertiary/aromatic N) is 2. The Morgan fingerprint density at radius 1 is 1.13 bits per heavy atom. The highest BCUT2D eigenvalue weighted by Gasteiger charge is 2.42. The highest BCUT2D eigenvalue weighted by atomic mass is 19.1. The zero-order valence-electron chi connectivity index (χ0n) is 31.5. The second-order valence-corrected chi connectivity index (χ2v) is 14.8. The van der Waals surface area contributed by atoms with E-state index in [1.54, 1.807) is 18.3 Å². The Morgan fingerprint density at radius 3 is 2.54 bits per heavy atom. The Bertz CT molecular complexity index is 1600. The molecule has 1 aromatic heterocycles. The fraction of sp³-hybridized carbons (Fsp3) is 0.641. The van der Waals surface area contributed by atoms with Gasteiger partial charge < -0.3 is 40.2 Å². The number of aromatic nitrogens is 1. The first-order valence-corrected chi connectivity index (χ1v) is 18.4. The number of carbonyl (C=O) groups excluding carboxylic acids is 3. The van der Waals surface area contributed by atoms with Crippen molar-refractivity contribution in [2.45, 2.75) is 90.5 Å². The smallest absolute Gasteiger partial charge is 0.407 e. The maximum absolute atomic E-state index is 14.4. The summed E-state index contributed by atoms with van der Waals surface area (Å²) in [5.74, 6) is 6.41. The van der Waals surface area contributed by atoms with Crippen molar-refractivity contribution in [2.75, 3.05) is 53.6 Å². The van der Waals surface area contributed by atoms with E-state index in [0.29, 0.717) is 48.4 Å². The Labute approximate surface area is 307 Å². The molecule has 1 saturated heterocycles. The molecule has 0 bridgehead atoms. The van der Waals surface area contributed by atoms with Gasteiger partial charge in [-0.2, -0.15) is 0 Å². The molecule has 1 aliphatic carbocycles. The Balaban J connectivity index is 1.27. The minimum absolute atomic E-state index is 0.0422. The number of methoxy groups -OCH3 is 1. The van der Waals surface area contributed by atoms with E-state index >= 15 is 0 Å². The van der Waals surface area contributed by atoms with E-state index in [1.165, 1.54) is 7.11 Å². The van der Waals surface area contributed by atoms with Gasteiger partial charge in [0.15, 0.2) is 6.17 Å². The summed E-state index contributed by atoms with van der Waals surface area (Å²) in [4.78, 5) is 42.8. The third-order valence-corrected chi connectivity index (χ3v) is 9.57. The molecule has 12 nitrogen and oxygen atoms in total. The molecule has 13 heteroatoms. The number of pyridine rings is 1. The summed E-state index contributed by atoms with van der Waals surface area (Å²) in [6.45, 7) is 11.2. The summed E-state index contributed by atoms with van der Waals surface area (Å²) in [6, 6.07) is 2.82. The molecule has 3 atom stereocenters. The largest absolute Gasteiger partial charge is 0.496 e. The quantitative estimate of drug-likeness (QED) is 0.160. The standard InChI is InChI=1S/C39H56FN5O7/c1-7-28-32(44-36(47)34(28)40)24-51-37-30-21-33(49-6)31(35(41)46)20-29(30)27(22-43-37)15-14-25-10-12-26(13-11-25)23-45(5)17-9-19-50-18-8-16-42-38(48)52-39(2,3)4/h20-22,25-26,28,32,34H,7-13,16-19,23-24H2,1-6H3,(H2,41,46)(H,42,48)(H,44,47)/t25?,26?,28-,32+,34-/m0/s1. The zero-order chi connectivity index (χ0) is 37.8. The van der Waals surface area contributed by atoms with Crippen LogP contribution in [0.5, 0.6) is 11.6 Å². The third-order valence-electron chi connectivity index (χ3n) is 9.57. The first-order valence-electron chi connectivity index (χ1n) is 18.4. The number of hydrogen-bond donors (Lipinski definition) is 3. The molecular weight excluding hydrogens is 669 g/mol. The number of nitrogens with two attached hydrogens (primary N) is 1. The van der Waals surface area contributed by atoms with E-state index in [1.807, 2.05) is 27.7 Å². The average molecular weight is 726 g/mol. The molecule has 3 amide bonds. The van der Waals surface area contributed by atoms with Crippen molar-refractivity contribution in [3.05, 3.63) is 29.5 Å². The molecule has 4 N–H and O–H groups in total. The van der Waals surface area contributed by atoms with Gasteiger partial charge in [0.05, 0.1) is 24.3 Å². The first kappa shape index (κ1) is 40.6. The number of ether oxygens (including phenoxy) is 4. The summed E-state index contributed by atoms with van der Waals surface area (Å²) in [7, 11) is 3.61. The number of benzene rings is 1. The topological polar surface area (TPSA) is 154 Å². The summed E-state index contributed by atoms with van der Waals surface area (Å²) < 4.78 is 36.8. The summed E-state index contributed by atoms with van der Waals surface area (Å²) in [5, 5.41) is 6.65. The third kappa shape index (κ3) is 11.7. The predicted molar refractivity (Wildman–Crippen MR) is 197 cm³/mol. The lowest BCUT2D eigenvalue weighted by molar-refractivity contribution is -0.124. The molecule has 0 spiro atoms. The first-order chi connectivity index (χ1) is 24.8. The average Bonchev–Trinajstić information content (AvgIpc) is 3.38. The van der Waals surface area contributed by atoms with Crippen LogP contribution in [0.4, 0.5) is 9.18 Å². The normalized spacial score (nSPS) is 21.7. The fourth-order valence-electron chi connectivity index (χ4n) is 6.83. The van der Waals surface area contributed by atoms with Crippen LogP contribution in [-0.4, -0.2) is 99.2 Å². The van der Waals surface area contributed by atoms with Crippen molar-refractivity contribution < 1.29 is 37.7 Å². The van der Waals surface area contributed by atoms with E-state index in [0.717, 1.165) is 51.6 Å². The highest BCUT2D eigenvalue weighted by Crippen LogP contribution is 2.34. The number of primary amides is 1. The molecule has 2 aliphatic rings. The van der Waals surface area contributed by atoms with E-state index in [-0.39, 0.29) is 29.7 Å². The number of alkyl halides is 1. The van der Waals surface area contributed by atoms with Gasteiger partial charge in [-0.25, -0.2) is 14.2 Å². The van der Waals surface area contributed by atoms with Gasteiger partial charge in [-0.3, -0.25) is 9.59 Å². The minimum atomic E-state index is -1.57. The number of alkyl carbamates (subject to hydrolysis) is 1. The van der Waals surface area contributed by atoms with Gasteiger partial charge in [0.1, 0.15) is 18.0 Å². The van der Waals surface area contributed by atoms with Gasteiger partial charge in [-0.15, -0.1) is 0 Å². The van der Waals surface area contributed by atoms with Crippen molar-refractivity contribution in [3.8, 4) is 23.5 Å². The molecule has 0 radical (unpaired) electrons. The monoisotopic (exact) mass is 725 g/mol. The van der Waals surface area contributed by atoms with Gasteiger partial charge >= 0.3 is 6.09 Å². The zero-order valence-corrected chi connectivity index (χ0v) is 31.5. The highest BCUT2D eigenvalue weighted by molar-refractivity contribution is 6.03. The van der Waals surface area contributed by atoms with Gasteiger partial charge in [-0.05, 0) is 90.8 Å². The van der Waals surface area contributed by atoms with Crippen LogP contribution in [0.15, 0.2) is 18.3 Å². The van der Waals surface area contributed by atoms with Crippen molar-refractivity contribution in [1.29, 1.82) is 0 Å². The van der Waals surface area contributed by atoms with E-state index in [9.17, 15) is 18.8 Å².